The molecule has 1 aliphatic rings. The zero-order valence-corrected chi connectivity index (χ0v) is 10.4. The Balaban J connectivity index is 2.84. The smallest absolute Gasteiger partial charge is 0.100 e. The minimum Gasteiger partial charge on any atom is -0.242 e. The monoisotopic (exact) mass is 215 g/mol. The van der Waals surface area contributed by atoms with Gasteiger partial charge < -0.3 is 0 Å². The number of hydrogen-bond donors (Lipinski definition) is 0. The molecular formula is C11H21NOS. The Bertz CT molecular complexity index is 244. The molecule has 3 heteroatoms. The van der Waals surface area contributed by atoms with Crippen molar-refractivity contribution >= 4 is 11.0 Å². The van der Waals surface area contributed by atoms with E-state index in [1.165, 1.54) is 0 Å². The molecule has 0 radical (unpaired) electrons. The summed E-state index contributed by atoms with van der Waals surface area (Å²) in [5.74, 6) is 0. The summed E-state index contributed by atoms with van der Waals surface area (Å²) in [5, 5.41) is 0. The van der Waals surface area contributed by atoms with Crippen LogP contribution in [-0.2, 0) is 11.0 Å². The molecule has 3 atom stereocenters. The van der Waals surface area contributed by atoms with Gasteiger partial charge in [-0.25, -0.2) is 8.51 Å². The molecule has 0 spiro atoms. The van der Waals surface area contributed by atoms with E-state index in [0.717, 1.165) is 12.8 Å². The van der Waals surface area contributed by atoms with Gasteiger partial charge in [-0.2, -0.15) is 0 Å². The molecule has 1 aliphatic heterocycles. The number of nitrogens with zero attached hydrogens (tertiary/aromatic N) is 1. The van der Waals surface area contributed by atoms with Crippen LogP contribution in [0.4, 0.5) is 0 Å². The highest BCUT2D eigenvalue weighted by molar-refractivity contribution is 7.84. The van der Waals surface area contributed by atoms with E-state index < -0.39 is 11.0 Å². The fourth-order valence-electron chi connectivity index (χ4n) is 1.82. The molecule has 1 heterocycles. The third-order valence-corrected chi connectivity index (χ3v) is 4.69. The van der Waals surface area contributed by atoms with Crippen molar-refractivity contribution in [3.63, 3.8) is 0 Å². The van der Waals surface area contributed by atoms with Crippen LogP contribution in [0.3, 0.4) is 0 Å². The Kier molecular flexibility index (Phi) is 3.53. The lowest BCUT2D eigenvalue weighted by Gasteiger charge is -2.31. The van der Waals surface area contributed by atoms with Crippen molar-refractivity contribution in [2.24, 2.45) is 0 Å². The minimum absolute atomic E-state index is 0.167. The third kappa shape index (κ3) is 2.26. The summed E-state index contributed by atoms with van der Waals surface area (Å²) in [5.41, 5.74) is 0. The fraction of sp³-hybridized carbons (Fsp3) is 0.818. The van der Waals surface area contributed by atoms with Crippen molar-refractivity contribution < 1.29 is 4.21 Å². The first-order valence-corrected chi connectivity index (χ1v) is 6.31. The van der Waals surface area contributed by atoms with Crippen LogP contribution in [0, 0.1) is 0 Å². The van der Waals surface area contributed by atoms with Gasteiger partial charge in [0.05, 0.1) is 4.75 Å². The van der Waals surface area contributed by atoms with Crippen molar-refractivity contribution in [1.29, 1.82) is 0 Å². The second-order valence-electron chi connectivity index (χ2n) is 4.95. The topological polar surface area (TPSA) is 20.3 Å². The Morgan fingerprint density at radius 1 is 1.43 bits per heavy atom. The molecular weight excluding hydrogens is 194 g/mol. The molecule has 0 saturated carbocycles. The maximum absolute atomic E-state index is 12.2. The van der Waals surface area contributed by atoms with E-state index in [1.54, 1.807) is 0 Å². The van der Waals surface area contributed by atoms with Crippen molar-refractivity contribution in [3.8, 4) is 0 Å². The molecule has 0 amide bonds. The standard InChI is InChI=1S/C11H21NOS/c1-6-10-8-7-9(2)12(10)14(13)11(3,4)5/h6,9-10H,1,7-8H2,2-5H3/t9-,10+,14-/m1/s1. The van der Waals surface area contributed by atoms with Gasteiger partial charge in [0.2, 0.25) is 0 Å². The average molecular weight is 215 g/mol. The average Bonchev–Trinajstić information content (AvgIpc) is 2.43. The quantitative estimate of drug-likeness (QED) is 0.648. The molecule has 0 aromatic heterocycles. The zero-order valence-electron chi connectivity index (χ0n) is 9.62. The van der Waals surface area contributed by atoms with Crippen molar-refractivity contribution in [3.05, 3.63) is 12.7 Å². The molecule has 0 bridgehead atoms. The Labute approximate surface area is 90.0 Å². The first-order chi connectivity index (χ1) is 6.38. The van der Waals surface area contributed by atoms with Gasteiger partial charge in [-0.15, -0.1) is 6.58 Å². The van der Waals surface area contributed by atoms with E-state index in [4.69, 9.17) is 0 Å². The third-order valence-electron chi connectivity index (χ3n) is 2.63. The summed E-state index contributed by atoms with van der Waals surface area (Å²) in [7, 11) is -0.911. The van der Waals surface area contributed by atoms with Crippen LogP contribution in [-0.4, -0.2) is 25.3 Å². The highest BCUT2D eigenvalue weighted by Gasteiger charge is 2.37. The summed E-state index contributed by atoms with van der Waals surface area (Å²) in [6.45, 7) is 12.0. The molecule has 0 aromatic carbocycles. The van der Waals surface area contributed by atoms with E-state index in [-0.39, 0.29) is 4.75 Å². The van der Waals surface area contributed by atoms with E-state index >= 15 is 0 Å². The van der Waals surface area contributed by atoms with Gasteiger partial charge in [0.25, 0.3) is 0 Å². The van der Waals surface area contributed by atoms with Gasteiger partial charge in [-0.3, -0.25) is 0 Å². The highest BCUT2D eigenvalue weighted by atomic mass is 32.2. The maximum atomic E-state index is 12.2. The van der Waals surface area contributed by atoms with Gasteiger partial charge in [0.15, 0.2) is 0 Å². The van der Waals surface area contributed by atoms with Crippen LogP contribution in [0.5, 0.6) is 0 Å². The maximum Gasteiger partial charge on any atom is 0.100 e. The molecule has 14 heavy (non-hydrogen) atoms. The summed E-state index contributed by atoms with van der Waals surface area (Å²) in [4.78, 5) is 0. The Morgan fingerprint density at radius 2 is 2.00 bits per heavy atom. The van der Waals surface area contributed by atoms with Crippen LogP contribution >= 0.6 is 0 Å². The number of hydrogen-bond acceptors (Lipinski definition) is 1. The van der Waals surface area contributed by atoms with Gasteiger partial charge in [-0.05, 0) is 40.5 Å². The second kappa shape index (κ2) is 4.15. The fourth-order valence-corrected chi connectivity index (χ4v) is 3.32. The zero-order chi connectivity index (χ0) is 10.9. The minimum atomic E-state index is -0.911. The van der Waals surface area contributed by atoms with Crippen LogP contribution in [0.15, 0.2) is 12.7 Å². The summed E-state index contributed by atoms with van der Waals surface area (Å²) in [6.07, 6.45) is 4.14. The van der Waals surface area contributed by atoms with Gasteiger partial charge >= 0.3 is 0 Å². The van der Waals surface area contributed by atoms with Crippen molar-refractivity contribution in [2.75, 3.05) is 0 Å². The first kappa shape index (κ1) is 11.9. The van der Waals surface area contributed by atoms with Crippen molar-refractivity contribution in [2.45, 2.75) is 57.4 Å². The lowest BCUT2D eigenvalue weighted by Crippen LogP contribution is -2.43. The lowest BCUT2D eigenvalue weighted by molar-refractivity contribution is 0.386. The predicted molar refractivity (Wildman–Crippen MR) is 62.4 cm³/mol. The molecule has 0 aromatic rings. The molecule has 0 aliphatic carbocycles. The van der Waals surface area contributed by atoms with E-state index in [9.17, 15) is 4.21 Å². The molecule has 1 rings (SSSR count). The van der Waals surface area contributed by atoms with Crippen molar-refractivity contribution in [1.82, 2.24) is 4.31 Å². The normalized spacial score (nSPS) is 31.7. The molecule has 1 saturated heterocycles. The van der Waals surface area contributed by atoms with E-state index in [1.807, 2.05) is 26.8 Å². The largest absolute Gasteiger partial charge is 0.242 e. The molecule has 82 valence electrons. The summed E-state index contributed by atoms with van der Waals surface area (Å²) in [6, 6.07) is 0.711. The molecule has 0 unspecified atom stereocenters. The summed E-state index contributed by atoms with van der Waals surface area (Å²) >= 11 is 0. The SMILES string of the molecule is C=C[C@H]1CC[C@@H](C)N1[S@](=O)C(C)(C)C. The molecule has 2 nitrogen and oxygen atoms in total. The first-order valence-electron chi connectivity index (χ1n) is 5.21. The molecule has 0 N–H and O–H groups in total. The van der Waals surface area contributed by atoms with Crippen LogP contribution < -0.4 is 0 Å². The van der Waals surface area contributed by atoms with Crippen LogP contribution in [0.1, 0.15) is 40.5 Å². The van der Waals surface area contributed by atoms with E-state index in [0.29, 0.717) is 12.1 Å². The van der Waals surface area contributed by atoms with E-state index in [2.05, 4.69) is 17.8 Å². The second-order valence-corrected chi connectivity index (χ2v) is 7.10. The highest BCUT2D eigenvalue weighted by Crippen LogP contribution is 2.30. The predicted octanol–water partition coefficient (Wildman–Crippen LogP) is 2.49. The van der Waals surface area contributed by atoms with Crippen LogP contribution in [0.25, 0.3) is 0 Å². The van der Waals surface area contributed by atoms with Gasteiger partial charge in [0, 0.05) is 12.1 Å². The lowest BCUT2D eigenvalue weighted by atomic mass is 10.2. The van der Waals surface area contributed by atoms with Gasteiger partial charge in [-0.1, -0.05) is 6.08 Å². The summed E-state index contributed by atoms with van der Waals surface area (Å²) < 4.78 is 14.2. The van der Waals surface area contributed by atoms with Crippen LogP contribution in [0.2, 0.25) is 0 Å². The Morgan fingerprint density at radius 3 is 2.43 bits per heavy atom. The molecule has 1 fully saturated rings. The Hall–Kier alpha value is -0.150. The number of rotatable bonds is 2. The van der Waals surface area contributed by atoms with Gasteiger partial charge in [0.1, 0.15) is 11.0 Å².